The van der Waals surface area contributed by atoms with Gasteiger partial charge in [0.2, 0.25) is 6.79 Å². The van der Waals surface area contributed by atoms with Gasteiger partial charge in [-0.15, -0.1) is 0 Å². The SMILES string of the molecule is COc1cc(Br)c(C=O)cc1O.O=Cc1cc2c(cc1Br)OCO2. The first kappa shape index (κ1) is 18.3. The number of aldehydes is 2. The van der Waals surface area contributed by atoms with Crippen molar-refractivity contribution >= 4 is 44.4 Å². The first-order valence-electron chi connectivity index (χ1n) is 6.56. The monoisotopic (exact) mass is 458 g/mol. The Bertz CT molecular complexity index is 767. The first-order chi connectivity index (χ1) is 11.5. The maximum Gasteiger partial charge on any atom is 0.231 e. The summed E-state index contributed by atoms with van der Waals surface area (Å²) in [5.41, 5.74) is 0.965. The molecule has 24 heavy (non-hydrogen) atoms. The van der Waals surface area contributed by atoms with E-state index in [1.807, 2.05) is 0 Å². The van der Waals surface area contributed by atoms with E-state index in [-0.39, 0.29) is 12.5 Å². The summed E-state index contributed by atoms with van der Waals surface area (Å²) < 4.78 is 16.4. The molecule has 0 aromatic heterocycles. The van der Waals surface area contributed by atoms with E-state index in [9.17, 15) is 14.7 Å². The smallest absolute Gasteiger partial charge is 0.231 e. The summed E-state index contributed by atoms with van der Waals surface area (Å²) in [4.78, 5) is 20.9. The highest BCUT2D eigenvalue weighted by molar-refractivity contribution is 9.10. The molecule has 0 spiro atoms. The van der Waals surface area contributed by atoms with Gasteiger partial charge in [0, 0.05) is 20.1 Å². The number of methoxy groups -OCH3 is 1. The van der Waals surface area contributed by atoms with Crippen LogP contribution in [0.15, 0.2) is 33.2 Å². The number of aromatic hydroxyl groups is 1. The van der Waals surface area contributed by atoms with Gasteiger partial charge < -0.3 is 19.3 Å². The van der Waals surface area contributed by atoms with Crippen molar-refractivity contribution in [1.82, 2.24) is 0 Å². The highest BCUT2D eigenvalue weighted by Crippen LogP contribution is 2.36. The quantitative estimate of drug-likeness (QED) is 0.699. The summed E-state index contributed by atoms with van der Waals surface area (Å²) in [6, 6.07) is 6.26. The molecule has 0 fully saturated rings. The van der Waals surface area contributed by atoms with Gasteiger partial charge >= 0.3 is 0 Å². The number of ether oxygens (including phenoxy) is 3. The van der Waals surface area contributed by atoms with Crippen LogP contribution in [-0.4, -0.2) is 31.6 Å². The molecule has 1 heterocycles. The van der Waals surface area contributed by atoms with E-state index in [0.29, 0.717) is 39.1 Å². The molecule has 0 unspecified atom stereocenters. The Morgan fingerprint density at radius 1 is 1.00 bits per heavy atom. The lowest BCUT2D eigenvalue weighted by atomic mass is 10.2. The van der Waals surface area contributed by atoms with Gasteiger partial charge in [0.1, 0.15) is 0 Å². The van der Waals surface area contributed by atoms with Crippen molar-refractivity contribution in [3.8, 4) is 23.0 Å². The standard InChI is InChI=1S/C8H5BrO3.C8H7BrO3/c9-6-2-8-7(11-4-12-8)1-5(6)3-10;1-12-8-3-6(9)5(4-10)2-7(8)11/h1-3H,4H2;2-4,11H,1H3. The predicted molar refractivity (Wildman–Crippen MR) is 93.4 cm³/mol. The van der Waals surface area contributed by atoms with Gasteiger partial charge in [-0.1, -0.05) is 0 Å². The van der Waals surface area contributed by atoms with Gasteiger partial charge in [0.15, 0.2) is 35.6 Å². The summed E-state index contributed by atoms with van der Waals surface area (Å²) in [6.45, 7) is 0.226. The number of phenolic OH excluding ortho intramolecular Hbond substituents is 1. The van der Waals surface area contributed by atoms with E-state index >= 15 is 0 Å². The Morgan fingerprint density at radius 2 is 1.54 bits per heavy atom. The van der Waals surface area contributed by atoms with Crippen LogP contribution in [0, 0.1) is 0 Å². The second-order valence-corrected chi connectivity index (χ2v) is 6.22. The molecule has 1 N–H and O–H groups in total. The molecule has 0 aliphatic carbocycles. The van der Waals surface area contributed by atoms with Gasteiger partial charge in [0.05, 0.1) is 7.11 Å². The molecule has 1 aliphatic rings. The highest BCUT2D eigenvalue weighted by Gasteiger charge is 2.15. The third-order valence-electron chi connectivity index (χ3n) is 3.04. The molecule has 2 aromatic carbocycles. The Morgan fingerprint density at radius 3 is 2.12 bits per heavy atom. The van der Waals surface area contributed by atoms with Crippen molar-refractivity contribution in [2.45, 2.75) is 0 Å². The summed E-state index contributed by atoms with van der Waals surface area (Å²) in [6.07, 6.45) is 1.43. The largest absolute Gasteiger partial charge is 0.504 e. The van der Waals surface area contributed by atoms with Gasteiger partial charge in [-0.2, -0.15) is 0 Å². The van der Waals surface area contributed by atoms with Crippen molar-refractivity contribution in [2.75, 3.05) is 13.9 Å². The molecule has 0 radical (unpaired) electrons. The van der Waals surface area contributed by atoms with Gasteiger partial charge in [-0.25, -0.2) is 0 Å². The number of phenols is 1. The number of halogens is 2. The number of benzene rings is 2. The molecule has 2 aromatic rings. The average molecular weight is 460 g/mol. The Balaban J connectivity index is 0.000000174. The maximum absolute atomic E-state index is 10.5. The molecule has 0 bridgehead atoms. The van der Waals surface area contributed by atoms with E-state index in [0.717, 1.165) is 10.8 Å². The second kappa shape index (κ2) is 8.16. The van der Waals surface area contributed by atoms with Gasteiger partial charge in [-0.3, -0.25) is 9.59 Å². The number of hydrogen-bond donors (Lipinski definition) is 1. The number of fused-ring (bicyclic) bond motifs is 1. The van der Waals surface area contributed by atoms with Crippen LogP contribution >= 0.6 is 31.9 Å². The topological polar surface area (TPSA) is 82.1 Å². The molecule has 1 aliphatic heterocycles. The first-order valence-corrected chi connectivity index (χ1v) is 8.14. The van der Waals surface area contributed by atoms with Crippen LogP contribution in [0.25, 0.3) is 0 Å². The van der Waals surface area contributed by atoms with Crippen LogP contribution in [0.2, 0.25) is 0 Å². The Kier molecular flexibility index (Phi) is 6.22. The zero-order valence-corrected chi connectivity index (χ0v) is 15.6. The summed E-state index contributed by atoms with van der Waals surface area (Å²) >= 11 is 6.40. The van der Waals surface area contributed by atoms with Crippen molar-refractivity contribution in [3.05, 3.63) is 44.3 Å². The lowest BCUT2D eigenvalue weighted by molar-refractivity contribution is 0.111. The van der Waals surface area contributed by atoms with Crippen LogP contribution in [0.5, 0.6) is 23.0 Å². The molecule has 126 valence electrons. The van der Waals surface area contributed by atoms with E-state index in [1.54, 1.807) is 18.2 Å². The molecule has 0 saturated carbocycles. The van der Waals surface area contributed by atoms with Crippen molar-refractivity contribution in [1.29, 1.82) is 0 Å². The van der Waals surface area contributed by atoms with Gasteiger partial charge in [0.25, 0.3) is 0 Å². The van der Waals surface area contributed by atoms with Crippen molar-refractivity contribution in [2.24, 2.45) is 0 Å². The lowest BCUT2D eigenvalue weighted by Crippen LogP contribution is -1.92. The molecular formula is C16H12Br2O6. The molecular weight excluding hydrogens is 448 g/mol. The molecule has 8 heteroatoms. The van der Waals surface area contributed by atoms with Crippen LogP contribution in [-0.2, 0) is 0 Å². The Hall–Kier alpha value is -2.06. The normalized spacial score (nSPS) is 11.3. The van der Waals surface area contributed by atoms with Crippen LogP contribution in [0.1, 0.15) is 20.7 Å². The fourth-order valence-corrected chi connectivity index (χ4v) is 2.67. The van der Waals surface area contributed by atoms with E-state index < -0.39 is 0 Å². The Labute approximate surface area is 154 Å². The fourth-order valence-electron chi connectivity index (χ4n) is 1.84. The van der Waals surface area contributed by atoms with E-state index in [4.69, 9.17) is 14.2 Å². The molecule has 0 saturated heterocycles. The van der Waals surface area contributed by atoms with E-state index in [1.165, 1.54) is 13.2 Å². The van der Waals surface area contributed by atoms with Gasteiger partial charge in [-0.05, 0) is 56.1 Å². The van der Waals surface area contributed by atoms with Crippen molar-refractivity contribution < 1.29 is 28.9 Å². The fraction of sp³-hybridized carbons (Fsp3) is 0.125. The molecule has 0 amide bonds. The minimum atomic E-state index is -0.0391. The van der Waals surface area contributed by atoms with Crippen LogP contribution in [0.4, 0.5) is 0 Å². The van der Waals surface area contributed by atoms with Crippen LogP contribution < -0.4 is 14.2 Å². The zero-order valence-electron chi connectivity index (χ0n) is 12.4. The third kappa shape index (κ3) is 4.07. The van der Waals surface area contributed by atoms with Crippen LogP contribution in [0.3, 0.4) is 0 Å². The summed E-state index contributed by atoms with van der Waals surface area (Å²) in [5.74, 6) is 1.60. The number of rotatable bonds is 3. The summed E-state index contributed by atoms with van der Waals surface area (Å²) in [5, 5.41) is 9.24. The molecule has 3 rings (SSSR count). The molecule has 6 nitrogen and oxygen atoms in total. The molecule has 0 atom stereocenters. The highest BCUT2D eigenvalue weighted by atomic mass is 79.9. The lowest BCUT2D eigenvalue weighted by Gasteiger charge is -2.04. The minimum Gasteiger partial charge on any atom is -0.504 e. The number of carbonyl (C=O) groups is 2. The van der Waals surface area contributed by atoms with E-state index in [2.05, 4.69) is 31.9 Å². The third-order valence-corrected chi connectivity index (χ3v) is 4.42. The van der Waals surface area contributed by atoms with Crippen molar-refractivity contribution in [3.63, 3.8) is 0 Å². The second-order valence-electron chi connectivity index (χ2n) is 4.51. The number of hydrogen-bond acceptors (Lipinski definition) is 6. The predicted octanol–water partition coefficient (Wildman–Crippen LogP) is 3.97. The average Bonchev–Trinajstić information content (AvgIpc) is 3.03. The number of carbonyl (C=O) groups excluding carboxylic acids is 2. The summed E-state index contributed by atoms with van der Waals surface area (Å²) in [7, 11) is 1.45. The maximum atomic E-state index is 10.5. The zero-order chi connectivity index (χ0) is 17.7. The minimum absolute atomic E-state index is 0.0391.